The maximum absolute atomic E-state index is 13.6. The Morgan fingerprint density at radius 1 is 0.574 bits per heavy atom. The molecule has 4 rings (SSSR count). The summed E-state index contributed by atoms with van der Waals surface area (Å²) < 4.78 is 27.1. The third-order valence-electron chi connectivity index (χ3n) is 7.48. The molecule has 4 aromatic rings. The minimum atomic E-state index is -3.61. The molecule has 0 amide bonds. The Kier molecular flexibility index (Phi) is 17.1. The lowest BCUT2D eigenvalue weighted by Crippen LogP contribution is -2.19. The topological polar surface area (TPSA) is 34.1 Å². The third-order valence-corrected chi connectivity index (χ3v) is 9.60. The van der Waals surface area contributed by atoms with Crippen LogP contribution in [0.4, 0.5) is 0 Å². The lowest BCUT2D eigenvalue weighted by atomic mass is 9.80. The molecule has 0 aliphatic rings. The van der Waals surface area contributed by atoms with E-state index in [4.69, 9.17) is 0 Å². The van der Waals surface area contributed by atoms with Gasteiger partial charge in [0, 0.05) is 12.0 Å². The second-order valence-electron chi connectivity index (χ2n) is 11.7. The molecular weight excluding hydrogens is 593 g/mol. The van der Waals surface area contributed by atoms with E-state index >= 15 is 0 Å². The minimum absolute atomic E-state index is 0.201. The summed E-state index contributed by atoms with van der Waals surface area (Å²) in [6, 6.07) is 33.0. The Labute approximate surface area is 288 Å². The SMILES string of the molecule is CC.CC.CC.Cc1ccc(C(CC#Cc2ccc(C(C)(C)C#CC(C)(C)c3ccc(C)cc3)cc2)S(=O)(=O)c2ccccc2)cc1. The fraction of sp³-hybridized carbons (Fsp3) is 0.364. The van der Waals surface area contributed by atoms with Gasteiger partial charge in [-0.25, -0.2) is 8.42 Å². The van der Waals surface area contributed by atoms with E-state index in [9.17, 15) is 8.42 Å². The molecule has 250 valence electrons. The van der Waals surface area contributed by atoms with Crippen LogP contribution in [-0.4, -0.2) is 8.42 Å². The van der Waals surface area contributed by atoms with Crippen molar-refractivity contribution in [1.29, 1.82) is 0 Å². The zero-order valence-electron chi connectivity index (χ0n) is 30.8. The molecule has 0 N–H and O–H groups in total. The monoisotopic (exact) mass is 648 g/mol. The maximum atomic E-state index is 13.6. The predicted octanol–water partition coefficient (Wildman–Crippen LogP) is 11.6. The molecule has 0 aromatic heterocycles. The lowest BCUT2D eigenvalue weighted by molar-refractivity contribution is 0.583. The normalized spacial score (nSPS) is 11.2. The first-order valence-electron chi connectivity index (χ1n) is 16.9. The summed E-state index contributed by atoms with van der Waals surface area (Å²) in [5.41, 5.74) is 5.63. The minimum Gasteiger partial charge on any atom is -0.223 e. The molecule has 0 spiro atoms. The van der Waals surface area contributed by atoms with Crippen LogP contribution < -0.4 is 0 Å². The van der Waals surface area contributed by atoms with Crippen molar-refractivity contribution in [3.63, 3.8) is 0 Å². The van der Waals surface area contributed by atoms with Crippen molar-refractivity contribution in [1.82, 2.24) is 0 Å². The van der Waals surface area contributed by atoms with E-state index in [0.717, 1.165) is 22.3 Å². The van der Waals surface area contributed by atoms with Gasteiger partial charge in [-0.2, -0.15) is 0 Å². The molecule has 47 heavy (non-hydrogen) atoms. The molecule has 0 heterocycles. The van der Waals surface area contributed by atoms with E-state index in [1.165, 1.54) is 11.1 Å². The van der Waals surface area contributed by atoms with Gasteiger partial charge in [0.25, 0.3) is 0 Å². The van der Waals surface area contributed by atoms with Crippen molar-refractivity contribution in [3.8, 4) is 23.7 Å². The first-order chi connectivity index (χ1) is 22.4. The van der Waals surface area contributed by atoms with Crippen LogP contribution in [0.5, 0.6) is 0 Å². The number of hydrogen-bond acceptors (Lipinski definition) is 2. The summed E-state index contributed by atoms with van der Waals surface area (Å²) >= 11 is 0. The van der Waals surface area contributed by atoms with Gasteiger partial charge in [0.1, 0.15) is 5.25 Å². The Hall–Kier alpha value is -4.05. The van der Waals surface area contributed by atoms with E-state index in [2.05, 4.69) is 94.7 Å². The fourth-order valence-corrected chi connectivity index (χ4v) is 6.29. The van der Waals surface area contributed by atoms with E-state index in [1.54, 1.807) is 24.3 Å². The Balaban J connectivity index is 0.00000174. The highest BCUT2D eigenvalue weighted by atomic mass is 32.2. The molecule has 0 aliphatic carbocycles. The average molecular weight is 649 g/mol. The van der Waals surface area contributed by atoms with Gasteiger partial charge in [-0.15, -0.1) is 0 Å². The van der Waals surface area contributed by atoms with Crippen LogP contribution in [0.3, 0.4) is 0 Å². The van der Waals surface area contributed by atoms with Crippen LogP contribution in [-0.2, 0) is 20.7 Å². The largest absolute Gasteiger partial charge is 0.223 e. The van der Waals surface area contributed by atoms with Crippen LogP contribution in [0.1, 0.15) is 114 Å². The molecular formula is C44H56O2S. The van der Waals surface area contributed by atoms with Crippen LogP contribution in [0, 0.1) is 37.5 Å². The first kappa shape index (κ1) is 41.0. The molecule has 0 bridgehead atoms. The number of aryl methyl sites for hydroxylation is 2. The summed E-state index contributed by atoms with van der Waals surface area (Å²) in [5.74, 6) is 13.4. The Morgan fingerprint density at radius 2 is 0.979 bits per heavy atom. The number of benzene rings is 4. The summed E-state index contributed by atoms with van der Waals surface area (Å²) in [7, 11) is -3.61. The van der Waals surface area contributed by atoms with Crippen molar-refractivity contribution >= 4 is 9.84 Å². The summed E-state index contributed by atoms with van der Waals surface area (Å²) in [5, 5.41) is -0.747. The highest BCUT2D eigenvalue weighted by molar-refractivity contribution is 7.91. The third kappa shape index (κ3) is 11.9. The first-order valence-corrected chi connectivity index (χ1v) is 18.5. The Bertz CT molecular complexity index is 1700. The second kappa shape index (κ2) is 19.6. The molecule has 0 saturated carbocycles. The van der Waals surface area contributed by atoms with Crippen molar-refractivity contribution in [3.05, 3.63) is 137 Å². The smallest absolute Gasteiger partial charge is 0.186 e. The summed E-state index contributed by atoms with van der Waals surface area (Å²) in [6.45, 7) is 24.7. The predicted molar refractivity (Wildman–Crippen MR) is 205 cm³/mol. The zero-order chi connectivity index (χ0) is 35.7. The number of sulfone groups is 1. The van der Waals surface area contributed by atoms with Crippen molar-refractivity contribution in [2.75, 3.05) is 0 Å². The quantitative estimate of drug-likeness (QED) is 0.195. The van der Waals surface area contributed by atoms with Crippen LogP contribution >= 0.6 is 0 Å². The lowest BCUT2D eigenvalue weighted by Gasteiger charge is -2.22. The van der Waals surface area contributed by atoms with Gasteiger partial charge in [0.05, 0.1) is 15.7 Å². The van der Waals surface area contributed by atoms with Crippen LogP contribution in [0.15, 0.2) is 108 Å². The highest BCUT2D eigenvalue weighted by Gasteiger charge is 2.28. The van der Waals surface area contributed by atoms with Gasteiger partial charge in [-0.05, 0) is 82.5 Å². The van der Waals surface area contributed by atoms with Gasteiger partial charge in [0.15, 0.2) is 9.84 Å². The molecule has 2 nitrogen and oxygen atoms in total. The van der Waals surface area contributed by atoms with Gasteiger partial charge >= 0.3 is 0 Å². The highest BCUT2D eigenvalue weighted by Crippen LogP contribution is 2.32. The van der Waals surface area contributed by atoms with E-state index in [1.807, 2.05) is 90.9 Å². The van der Waals surface area contributed by atoms with Crippen LogP contribution in [0.25, 0.3) is 0 Å². The molecule has 0 aliphatic heterocycles. The van der Waals surface area contributed by atoms with E-state index in [0.29, 0.717) is 4.90 Å². The van der Waals surface area contributed by atoms with Gasteiger partial charge in [0.2, 0.25) is 0 Å². The van der Waals surface area contributed by atoms with E-state index in [-0.39, 0.29) is 17.3 Å². The Morgan fingerprint density at radius 3 is 1.43 bits per heavy atom. The number of rotatable bonds is 6. The average Bonchev–Trinajstić information content (AvgIpc) is 3.10. The zero-order valence-corrected chi connectivity index (χ0v) is 31.6. The molecule has 0 radical (unpaired) electrons. The fourth-order valence-electron chi connectivity index (χ4n) is 4.61. The number of hydrogen-bond donors (Lipinski definition) is 0. The molecule has 1 atom stereocenters. The summed E-state index contributed by atoms with van der Waals surface area (Å²) in [4.78, 5) is 0.311. The molecule has 3 heteroatoms. The van der Waals surface area contributed by atoms with Crippen molar-refractivity contribution < 1.29 is 8.42 Å². The van der Waals surface area contributed by atoms with Gasteiger partial charge in [-0.1, -0.05) is 155 Å². The molecule has 0 fully saturated rings. The van der Waals surface area contributed by atoms with Gasteiger partial charge < -0.3 is 0 Å². The summed E-state index contributed by atoms with van der Waals surface area (Å²) in [6.07, 6.45) is 0.201. The van der Waals surface area contributed by atoms with Crippen molar-refractivity contribution in [2.45, 2.75) is 110 Å². The molecule has 0 saturated heterocycles. The molecule has 1 unspecified atom stereocenters. The van der Waals surface area contributed by atoms with Crippen molar-refractivity contribution in [2.24, 2.45) is 0 Å². The van der Waals surface area contributed by atoms with E-state index < -0.39 is 15.1 Å². The maximum Gasteiger partial charge on any atom is 0.186 e. The van der Waals surface area contributed by atoms with Crippen LogP contribution in [0.2, 0.25) is 0 Å². The second-order valence-corrected chi connectivity index (χ2v) is 13.8. The standard InChI is InChI=1S/C38H38O2S.3C2H6/c1-29-15-21-32(22-16-29)36(41(39,40)35-12-8-7-9-13-35)14-10-11-31-19-25-34(26-20-31)38(5,6)28-27-37(3,4)33-23-17-30(2)18-24-33;3*1-2/h7-9,12-13,15-26,36H,14H2,1-6H3;3*1-2H3. The van der Waals surface area contributed by atoms with Gasteiger partial charge in [-0.3, -0.25) is 0 Å². The molecule has 4 aromatic carbocycles.